The van der Waals surface area contributed by atoms with Crippen molar-refractivity contribution in [1.29, 1.82) is 0 Å². The van der Waals surface area contributed by atoms with Gasteiger partial charge in [-0.05, 0) is 117 Å². The number of benzene rings is 3. The fourth-order valence-electron chi connectivity index (χ4n) is 10.4. The van der Waals surface area contributed by atoms with Crippen LogP contribution < -0.4 is 19.7 Å². The second-order valence-corrected chi connectivity index (χ2v) is 19.7. The number of hydrogen-bond donors (Lipinski definition) is 3. The molecule has 10 rings (SSSR count). The Morgan fingerprint density at radius 2 is 1.75 bits per heavy atom. The van der Waals surface area contributed by atoms with Crippen molar-refractivity contribution in [3.63, 3.8) is 0 Å². The number of ether oxygens (including phenoxy) is 2. The Hall–Kier alpha value is -5.55. The van der Waals surface area contributed by atoms with E-state index in [-0.39, 0.29) is 17.0 Å². The zero-order valence-corrected chi connectivity index (χ0v) is 36.2. The molecule has 3 aliphatic heterocycles. The van der Waals surface area contributed by atoms with E-state index in [0.29, 0.717) is 55.2 Å². The summed E-state index contributed by atoms with van der Waals surface area (Å²) in [6, 6.07) is 22.7. The number of aromatic amines is 1. The number of nitro groups is 1. The summed E-state index contributed by atoms with van der Waals surface area (Å²) in [4.78, 5) is 39.8. The van der Waals surface area contributed by atoms with Crippen LogP contribution in [0.5, 0.6) is 11.5 Å². The summed E-state index contributed by atoms with van der Waals surface area (Å²) in [6.45, 7) is 6.75. The van der Waals surface area contributed by atoms with E-state index in [4.69, 9.17) is 9.47 Å². The number of nitrogens with zero attached hydrogens (tertiary/aromatic N) is 5. The summed E-state index contributed by atoms with van der Waals surface area (Å²) in [5.74, 6) is 0.358. The smallest absolute Gasteiger partial charge is 0.293 e. The van der Waals surface area contributed by atoms with E-state index in [2.05, 4.69) is 59.0 Å². The maximum Gasteiger partial charge on any atom is 0.293 e. The number of fused-ring (bicyclic) bond motifs is 1. The highest BCUT2D eigenvalue weighted by Gasteiger charge is 2.50. The number of anilines is 2. The van der Waals surface area contributed by atoms with Crippen molar-refractivity contribution >= 4 is 44.0 Å². The summed E-state index contributed by atoms with van der Waals surface area (Å²) in [5, 5.41) is 16.0. The molecule has 5 fully saturated rings. The van der Waals surface area contributed by atoms with Gasteiger partial charge in [0.25, 0.3) is 21.6 Å². The molecule has 15 nitrogen and oxygen atoms in total. The number of H-pyrrole nitrogens is 1. The van der Waals surface area contributed by atoms with E-state index < -0.39 is 31.4 Å². The molecule has 2 aromatic heterocycles. The normalized spacial score (nSPS) is 20.8. The molecule has 5 aromatic rings. The monoisotopic (exact) mass is 874 g/mol. The molecule has 2 aliphatic carbocycles. The summed E-state index contributed by atoms with van der Waals surface area (Å²) >= 11 is 0. The Morgan fingerprint density at radius 1 is 0.952 bits per heavy atom. The van der Waals surface area contributed by atoms with Gasteiger partial charge in [0, 0.05) is 80.8 Å². The number of nitro benzene ring substituents is 1. The lowest BCUT2D eigenvalue weighted by atomic mass is 9.59. The SMILES string of the molecule is O=C(NS(=O)(=O)c1ccc(NCCN2CCOCC2)c([N+](=O)[O-])c1)c1ccc(N2CCC3(CC2)CC(N2CCC[C@H]2c2ccccc2C2CC2)C3)cc1Oc1cnc2[nH]ccc2c1. The summed E-state index contributed by atoms with van der Waals surface area (Å²) in [5.41, 5.74) is 4.77. The maximum absolute atomic E-state index is 14.0. The first-order chi connectivity index (χ1) is 30.6. The number of piperidine rings is 1. The molecule has 0 bridgehead atoms. The number of carbonyl (C=O) groups excluding carboxylic acids is 1. The van der Waals surface area contributed by atoms with Crippen LogP contribution in [-0.4, -0.2) is 104 Å². The van der Waals surface area contributed by atoms with E-state index in [1.54, 1.807) is 41.7 Å². The van der Waals surface area contributed by atoms with E-state index in [1.165, 1.54) is 57.2 Å². The molecular weight excluding hydrogens is 821 g/mol. The van der Waals surface area contributed by atoms with Crippen LogP contribution in [0, 0.1) is 15.5 Å². The number of morpholine rings is 1. The minimum atomic E-state index is -4.54. The first-order valence-electron chi connectivity index (χ1n) is 22.4. The van der Waals surface area contributed by atoms with Gasteiger partial charge in [-0.1, -0.05) is 24.3 Å². The van der Waals surface area contributed by atoms with Crippen molar-refractivity contribution in [3.8, 4) is 11.5 Å². The summed E-state index contributed by atoms with van der Waals surface area (Å²) < 4.78 is 41.3. The number of aromatic nitrogens is 2. The second kappa shape index (κ2) is 17.2. The molecule has 1 spiro atoms. The van der Waals surface area contributed by atoms with E-state index in [9.17, 15) is 23.3 Å². The molecule has 2 saturated carbocycles. The average molecular weight is 875 g/mol. The Morgan fingerprint density at radius 3 is 2.52 bits per heavy atom. The Kier molecular flexibility index (Phi) is 11.3. The van der Waals surface area contributed by atoms with Gasteiger partial charge >= 0.3 is 0 Å². The number of carbonyl (C=O) groups is 1. The van der Waals surface area contributed by atoms with Crippen LogP contribution in [0.25, 0.3) is 11.0 Å². The molecule has 330 valence electrons. The van der Waals surface area contributed by atoms with Crippen molar-refractivity contribution in [2.24, 2.45) is 5.41 Å². The zero-order valence-electron chi connectivity index (χ0n) is 35.3. The van der Waals surface area contributed by atoms with Crippen LogP contribution in [0.15, 0.2) is 90.1 Å². The minimum Gasteiger partial charge on any atom is -0.455 e. The Labute approximate surface area is 367 Å². The van der Waals surface area contributed by atoms with Gasteiger partial charge in [0.15, 0.2) is 0 Å². The molecule has 3 aromatic carbocycles. The standard InChI is InChI=1S/C47H54N8O7S/c56-46(51-63(59,60)37-10-12-41(43(28-37)55(57)58)48-17-21-52-22-24-61-25-23-52)40-11-9-34(27-44(40)62-36-26-33-13-16-49-45(33)50-31-36)53-19-14-47(15-20-53)29-35(30-47)54-18-3-6-42(54)39-5-2-1-4-38(39)32-7-8-32/h1-2,4-5,9-13,16,26-28,31-32,35,42,48H,3,6-8,14-15,17-25,29-30H2,(H,49,50)(H,51,56)/t42-/m0/s1. The van der Waals surface area contributed by atoms with Gasteiger partial charge in [-0.25, -0.2) is 18.1 Å². The van der Waals surface area contributed by atoms with Gasteiger partial charge < -0.3 is 24.7 Å². The predicted molar refractivity (Wildman–Crippen MR) is 240 cm³/mol. The largest absolute Gasteiger partial charge is 0.455 e. The molecule has 1 amide bonds. The number of hydrogen-bond acceptors (Lipinski definition) is 12. The molecule has 5 aliphatic rings. The third kappa shape index (κ3) is 8.73. The molecule has 3 saturated heterocycles. The number of likely N-dealkylation sites (tertiary alicyclic amines) is 1. The third-order valence-corrected chi connectivity index (χ3v) is 15.4. The Bertz CT molecular complexity index is 2610. The third-order valence-electron chi connectivity index (χ3n) is 14.0. The van der Waals surface area contributed by atoms with E-state index >= 15 is 0 Å². The molecule has 1 atom stereocenters. The van der Waals surface area contributed by atoms with Crippen LogP contribution in [0.2, 0.25) is 0 Å². The van der Waals surface area contributed by atoms with Gasteiger partial charge in [-0.15, -0.1) is 0 Å². The van der Waals surface area contributed by atoms with Gasteiger partial charge in [0.05, 0.1) is 34.8 Å². The molecule has 0 unspecified atom stereocenters. The highest BCUT2D eigenvalue weighted by atomic mass is 32.2. The lowest BCUT2D eigenvalue weighted by Gasteiger charge is -2.56. The number of pyridine rings is 1. The molecule has 16 heteroatoms. The Balaban J connectivity index is 0.832. The number of rotatable bonds is 14. The van der Waals surface area contributed by atoms with Crippen LogP contribution in [-0.2, 0) is 14.8 Å². The molecular formula is C47H54N8O7S. The van der Waals surface area contributed by atoms with Gasteiger partial charge in [-0.3, -0.25) is 24.7 Å². The van der Waals surface area contributed by atoms with Gasteiger partial charge in [0.2, 0.25) is 0 Å². The van der Waals surface area contributed by atoms with Crippen LogP contribution >= 0.6 is 0 Å². The van der Waals surface area contributed by atoms with Crippen molar-refractivity contribution in [2.45, 2.75) is 74.3 Å². The van der Waals surface area contributed by atoms with Crippen molar-refractivity contribution in [2.75, 3.05) is 69.2 Å². The number of nitrogens with one attached hydrogen (secondary N) is 3. The van der Waals surface area contributed by atoms with Crippen molar-refractivity contribution < 1.29 is 27.6 Å². The van der Waals surface area contributed by atoms with Crippen LogP contribution in [0.3, 0.4) is 0 Å². The fraction of sp³-hybridized carbons (Fsp3) is 0.447. The number of amides is 1. The summed E-state index contributed by atoms with van der Waals surface area (Å²) in [7, 11) is -4.54. The molecule has 63 heavy (non-hydrogen) atoms. The first kappa shape index (κ1) is 41.5. The first-order valence-corrected chi connectivity index (χ1v) is 23.8. The van der Waals surface area contributed by atoms with Crippen LogP contribution in [0.4, 0.5) is 17.1 Å². The topological polar surface area (TPSA) is 175 Å². The minimum absolute atomic E-state index is 0.00821. The van der Waals surface area contributed by atoms with Crippen molar-refractivity contribution in [1.82, 2.24) is 24.5 Å². The molecule has 0 radical (unpaired) electrons. The quantitative estimate of drug-likeness (QED) is 0.0738. The highest BCUT2D eigenvalue weighted by Crippen LogP contribution is 2.55. The molecule has 5 heterocycles. The maximum atomic E-state index is 14.0. The van der Waals surface area contributed by atoms with Crippen molar-refractivity contribution in [3.05, 3.63) is 112 Å². The lowest BCUT2D eigenvalue weighted by Crippen LogP contribution is -2.54. The summed E-state index contributed by atoms with van der Waals surface area (Å²) in [6.07, 6.45) is 13.0. The lowest BCUT2D eigenvalue weighted by molar-refractivity contribution is -0.384. The highest BCUT2D eigenvalue weighted by molar-refractivity contribution is 7.90. The van der Waals surface area contributed by atoms with E-state index in [1.807, 2.05) is 12.1 Å². The fourth-order valence-corrected chi connectivity index (χ4v) is 11.4. The van der Waals surface area contributed by atoms with Crippen LogP contribution in [0.1, 0.15) is 84.8 Å². The predicted octanol–water partition coefficient (Wildman–Crippen LogP) is 7.59. The van der Waals surface area contributed by atoms with E-state index in [0.717, 1.165) is 62.1 Å². The van der Waals surface area contributed by atoms with Gasteiger partial charge in [-0.2, -0.15) is 0 Å². The zero-order chi connectivity index (χ0) is 43.1. The average Bonchev–Trinajstić information content (AvgIpc) is 3.83. The molecule has 3 N–H and O–H groups in total. The second-order valence-electron chi connectivity index (χ2n) is 18.0. The number of sulfonamides is 1. The van der Waals surface area contributed by atoms with Gasteiger partial charge in [0.1, 0.15) is 22.8 Å².